The molecule has 2 heterocycles. The smallest absolute Gasteiger partial charge is 0.0641 e. The van der Waals surface area contributed by atoms with Gasteiger partial charge in [0.15, 0.2) is 0 Å². The first-order valence-electron chi connectivity index (χ1n) is 7.30. The summed E-state index contributed by atoms with van der Waals surface area (Å²) in [4.78, 5) is 2.43. The highest BCUT2D eigenvalue weighted by atomic mass is 15.3. The third-order valence-corrected chi connectivity index (χ3v) is 4.71. The van der Waals surface area contributed by atoms with E-state index >= 15 is 0 Å². The van der Waals surface area contributed by atoms with Crippen molar-refractivity contribution in [3.05, 3.63) is 17.0 Å². The molecule has 1 aliphatic heterocycles. The van der Waals surface area contributed by atoms with Crippen LogP contribution in [0.5, 0.6) is 0 Å². The second kappa shape index (κ2) is 5.63. The predicted molar refractivity (Wildman–Crippen MR) is 79.2 cm³/mol. The van der Waals surface area contributed by atoms with Crippen molar-refractivity contribution in [2.24, 2.45) is 12.5 Å². The number of hydrogen-bond donors (Lipinski definition) is 1. The van der Waals surface area contributed by atoms with Crippen LogP contribution in [0.15, 0.2) is 0 Å². The van der Waals surface area contributed by atoms with E-state index in [0.29, 0.717) is 5.41 Å². The Bertz CT molecular complexity index is 428. The number of aryl methyl sites for hydroxylation is 2. The summed E-state index contributed by atoms with van der Waals surface area (Å²) in [6, 6.07) is 0. The van der Waals surface area contributed by atoms with Crippen LogP contribution in [-0.4, -0.2) is 41.4 Å². The molecule has 19 heavy (non-hydrogen) atoms. The van der Waals surface area contributed by atoms with E-state index in [1.54, 1.807) is 0 Å². The average Bonchev–Trinajstić information content (AvgIpc) is 2.60. The van der Waals surface area contributed by atoms with Crippen LogP contribution in [0.4, 0.5) is 0 Å². The average molecular weight is 264 g/mol. The van der Waals surface area contributed by atoms with E-state index in [-0.39, 0.29) is 0 Å². The standard InChI is InChI=1S/C15H28N4/c1-12-14(13(2)19(5)17-12)10-16-11-15(3)6-8-18(4)9-7-15/h16H,6-11H2,1-5H3. The molecule has 2 rings (SSSR count). The van der Waals surface area contributed by atoms with Crippen LogP contribution in [0.3, 0.4) is 0 Å². The van der Waals surface area contributed by atoms with Gasteiger partial charge in [0.05, 0.1) is 5.69 Å². The molecule has 1 saturated heterocycles. The molecule has 0 aromatic carbocycles. The topological polar surface area (TPSA) is 33.1 Å². The molecule has 0 spiro atoms. The van der Waals surface area contributed by atoms with Gasteiger partial charge in [-0.25, -0.2) is 0 Å². The van der Waals surface area contributed by atoms with Crippen LogP contribution < -0.4 is 5.32 Å². The maximum absolute atomic E-state index is 4.47. The molecule has 0 aliphatic carbocycles. The molecule has 4 heteroatoms. The van der Waals surface area contributed by atoms with E-state index in [4.69, 9.17) is 0 Å². The van der Waals surface area contributed by atoms with Gasteiger partial charge in [0.25, 0.3) is 0 Å². The maximum Gasteiger partial charge on any atom is 0.0641 e. The second-order valence-electron chi connectivity index (χ2n) is 6.49. The number of aromatic nitrogens is 2. The fraction of sp³-hybridized carbons (Fsp3) is 0.800. The van der Waals surface area contributed by atoms with Crippen molar-refractivity contribution < 1.29 is 0 Å². The first kappa shape index (κ1) is 14.5. The minimum absolute atomic E-state index is 0.455. The number of nitrogens with one attached hydrogen (secondary N) is 1. The van der Waals surface area contributed by atoms with Crippen molar-refractivity contribution >= 4 is 0 Å². The largest absolute Gasteiger partial charge is 0.312 e. The molecule has 0 unspecified atom stereocenters. The molecular weight excluding hydrogens is 236 g/mol. The summed E-state index contributed by atoms with van der Waals surface area (Å²) < 4.78 is 1.98. The molecule has 108 valence electrons. The number of piperidine rings is 1. The van der Waals surface area contributed by atoms with Gasteiger partial charge in [-0.15, -0.1) is 0 Å². The lowest BCUT2D eigenvalue weighted by Gasteiger charge is -2.38. The Hall–Kier alpha value is -0.870. The van der Waals surface area contributed by atoms with Crippen LogP contribution in [0.2, 0.25) is 0 Å². The summed E-state index contributed by atoms with van der Waals surface area (Å²) in [6.45, 7) is 11.2. The summed E-state index contributed by atoms with van der Waals surface area (Å²) in [5.74, 6) is 0. The molecule has 1 N–H and O–H groups in total. The third kappa shape index (κ3) is 3.37. The van der Waals surface area contributed by atoms with Crippen LogP contribution in [0, 0.1) is 19.3 Å². The Morgan fingerprint density at radius 3 is 2.37 bits per heavy atom. The summed E-state index contributed by atoms with van der Waals surface area (Å²) in [6.07, 6.45) is 2.59. The minimum Gasteiger partial charge on any atom is -0.312 e. The third-order valence-electron chi connectivity index (χ3n) is 4.71. The lowest BCUT2D eigenvalue weighted by molar-refractivity contribution is 0.136. The number of rotatable bonds is 4. The summed E-state index contributed by atoms with van der Waals surface area (Å²) in [7, 11) is 4.24. The van der Waals surface area contributed by atoms with E-state index in [0.717, 1.165) is 18.8 Å². The van der Waals surface area contributed by atoms with Crippen molar-refractivity contribution in [1.29, 1.82) is 0 Å². The number of nitrogens with zero attached hydrogens (tertiary/aromatic N) is 3. The van der Waals surface area contributed by atoms with E-state index in [2.05, 4.69) is 43.1 Å². The van der Waals surface area contributed by atoms with Crippen LogP contribution in [0.25, 0.3) is 0 Å². The van der Waals surface area contributed by atoms with Gasteiger partial charge in [-0.05, 0) is 52.2 Å². The molecule has 4 nitrogen and oxygen atoms in total. The van der Waals surface area contributed by atoms with Crippen LogP contribution in [-0.2, 0) is 13.6 Å². The van der Waals surface area contributed by atoms with Crippen molar-refractivity contribution in [3.63, 3.8) is 0 Å². The Morgan fingerprint density at radius 2 is 1.84 bits per heavy atom. The molecule has 0 bridgehead atoms. The lowest BCUT2D eigenvalue weighted by Crippen LogP contribution is -2.41. The van der Waals surface area contributed by atoms with Crippen molar-refractivity contribution in [1.82, 2.24) is 20.0 Å². The number of hydrogen-bond acceptors (Lipinski definition) is 3. The van der Waals surface area contributed by atoms with Gasteiger partial charge in [0.2, 0.25) is 0 Å². The summed E-state index contributed by atoms with van der Waals surface area (Å²) in [5, 5.41) is 8.12. The molecule has 0 radical (unpaired) electrons. The second-order valence-corrected chi connectivity index (χ2v) is 6.49. The Kier molecular flexibility index (Phi) is 4.31. The maximum atomic E-state index is 4.47. The zero-order chi connectivity index (χ0) is 14.0. The van der Waals surface area contributed by atoms with Gasteiger partial charge in [-0.1, -0.05) is 6.92 Å². The van der Waals surface area contributed by atoms with E-state index in [1.807, 2.05) is 11.7 Å². The fourth-order valence-corrected chi connectivity index (χ4v) is 2.90. The summed E-state index contributed by atoms with van der Waals surface area (Å²) in [5.41, 5.74) is 4.25. The van der Waals surface area contributed by atoms with Crippen LogP contribution >= 0.6 is 0 Å². The number of likely N-dealkylation sites (tertiary alicyclic amines) is 1. The molecule has 1 fully saturated rings. The van der Waals surface area contributed by atoms with Crippen molar-refractivity contribution in [3.8, 4) is 0 Å². The molecule has 0 saturated carbocycles. The Morgan fingerprint density at radius 1 is 1.21 bits per heavy atom. The van der Waals surface area contributed by atoms with Gasteiger partial charge in [0, 0.05) is 31.4 Å². The molecule has 1 aliphatic rings. The predicted octanol–water partition coefficient (Wildman–Crippen LogP) is 1.86. The molecule has 1 aromatic heterocycles. The molecule has 1 aromatic rings. The fourth-order valence-electron chi connectivity index (χ4n) is 2.90. The van der Waals surface area contributed by atoms with Crippen molar-refractivity contribution in [2.75, 3.05) is 26.7 Å². The minimum atomic E-state index is 0.455. The zero-order valence-corrected chi connectivity index (χ0v) is 13.1. The van der Waals surface area contributed by atoms with Gasteiger partial charge in [-0.3, -0.25) is 4.68 Å². The highest BCUT2D eigenvalue weighted by molar-refractivity contribution is 5.23. The lowest BCUT2D eigenvalue weighted by atomic mass is 9.80. The first-order valence-corrected chi connectivity index (χ1v) is 7.30. The van der Waals surface area contributed by atoms with Gasteiger partial charge < -0.3 is 10.2 Å². The van der Waals surface area contributed by atoms with E-state index in [9.17, 15) is 0 Å². The molecule has 0 amide bonds. The molecular formula is C15H28N4. The van der Waals surface area contributed by atoms with Gasteiger partial charge in [-0.2, -0.15) is 5.10 Å². The van der Waals surface area contributed by atoms with Gasteiger partial charge >= 0.3 is 0 Å². The first-order chi connectivity index (χ1) is 8.91. The monoisotopic (exact) mass is 264 g/mol. The highest BCUT2D eigenvalue weighted by Gasteiger charge is 2.28. The van der Waals surface area contributed by atoms with Crippen molar-refractivity contribution in [2.45, 2.75) is 40.2 Å². The van der Waals surface area contributed by atoms with E-state index < -0.39 is 0 Å². The Labute approximate surface area is 117 Å². The normalized spacial score (nSPS) is 19.8. The summed E-state index contributed by atoms with van der Waals surface area (Å²) >= 11 is 0. The quantitative estimate of drug-likeness (QED) is 0.901. The highest BCUT2D eigenvalue weighted by Crippen LogP contribution is 2.29. The molecule has 0 atom stereocenters. The Balaban J connectivity index is 1.86. The zero-order valence-electron chi connectivity index (χ0n) is 13.1. The SMILES string of the molecule is Cc1nn(C)c(C)c1CNCC1(C)CCN(C)CC1. The van der Waals surface area contributed by atoms with E-state index in [1.165, 1.54) is 37.2 Å². The van der Waals surface area contributed by atoms with Crippen LogP contribution in [0.1, 0.15) is 36.7 Å². The van der Waals surface area contributed by atoms with Gasteiger partial charge in [0.1, 0.15) is 0 Å².